The van der Waals surface area contributed by atoms with E-state index in [0.29, 0.717) is 19.0 Å². The Morgan fingerprint density at radius 3 is 2.64 bits per heavy atom. The highest BCUT2D eigenvalue weighted by Crippen LogP contribution is 2.01. The molecule has 2 N–H and O–H groups in total. The van der Waals surface area contributed by atoms with Gasteiger partial charge in [-0.1, -0.05) is 0 Å². The number of nitrogens with zero attached hydrogens (tertiary/aromatic N) is 2. The van der Waals surface area contributed by atoms with Crippen molar-refractivity contribution in [3.05, 3.63) is 16.0 Å². The number of carbonyl (C=O) groups excluding carboxylic acids is 1. The molecule has 1 heterocycles. The molecule has 1 rings (SSSR count). The first-order chi connectivity index (χ1) is 6.68. The van der Waals surface area contributed by atoms with Crippen molar-refractivity contribution in [2.24, 2.45) is 0 Å². The van der Waals surface area contributed by atoms with Gasteiger partial charge in [0.05, 0.1) is 0 Å². The molecule has 1 aromatic rings. The summed E-state index contributed by atoms with van der Waals surface area (Å²) in [6.07, 6.45) is 3.46. The summed E-state index contributed by atoms with van der Waals surface area (Å²) in [6, 6.07) is 0. The third kappa shape index (κ3) is 4.35. The van der Waals surface area contributed by atoms with Gasteiger partial charge < -0.3 is 10.6 Å². The van der Waals surface area contributed by atoms with Crippen LogP contribution in [0, 0.1) is 3.57 Å². The smallest absolute Gasteiger partial charge is 0.222 e. The van der Waals surface area contributed by atoms with Crippen LogP contribution in [0.4, 0.5) is 5.95 Å². The zero-order valence-corrected chi connectivity index (χ0v) is 9.91. The van der Waals surface area contributed by atoms with Crippen LogP contribution in [0.15, 0.2) is 12.4 Å². The molecular weight excluding hydrogens is 295 g/mol. The molecule has 0 aliphatic carbocycles. The van der Waals surface area contributed by atoms with Gasteiger partial charge >= 0.3 is 0 Å². The van der Waals surface area contributed by atoms with Gasteiger partial charge in [-0.3, -0.25) is 4.79 Å². The lowest BCUT2D eigenvalue weighted by atomic mass is 10.5. The van der Waals surface area contributed by atoms with Crippen molar-refractivity contribution in [2.45, 2.75) is 6.92 Å². The van der Waals surface area contributed by atoms with Crippen LogP contribution in [0.2, 0.25) is 0 Å². The van der Waals surface area contributed by atoms with E-state index in [-0.39, 0.29) is 5.91 Å². The molecule has 0 spiro atoms. The Balaban J connectivity index is 2.25. The first-order valence-corrected chi connectivity index (χ1v) is 5.22. The van der Waals surface area contributed by atoms with E-state index in [2.05, 4.69) is 43.2 Å². The highest BCUT2D eigenvalue weighted by atomic mass is 127. The van der Waals surface area contributed by atoms with E-state index in [0.717, 1.165) is 3.57 Å². The van der Waals surface area contributed by atoms with E-state index < -0.39 is 0 Å². The fourth-order valence-corrected chi connectivity index (χ4v) is 1.09. The van der Waals surface area contributed by atoms with Gasteiger partial charge in [0.15, 0.2) is 0 Å². The standard InChI is InChI=1S/C8H11IN4O/c1-6(14)10-2-3-11-8-12-4-7(9)5-13-8/h4-5H,2-3H2,1H3,(H,10,14)(H,11,12,13). The molecule has 0 aliphatic rings. The molecule has 14 heavy (non-hydrogen) atoms. The normalized spacial score (nSPS) is 9.57. The fraction of sp³-hybridized carbons (Fsp3) is 0.375. The van der Waals surface area contributed by atoms with Gasteiger partial charge in [0.1, 0.15) is 0 Å². The third-order valence-corrected chi connectivity index (χ3v) is 1.96. The average molecular weight is 306 g/mol. The zero-order valence-electron chi connectivity index (χ0n) is 7.75. The lowest BCUT2D eigenvalue weighted by Crippen LogP contribution is -2.26. The highest BCUT2D eigenvalue weighted by Gasteiger charge is 1.94. The quantitative estimate of drug-likeness (QED) is 0.632. The maximum atomic E-state index is 10.5. The monoisotopic (exact) mass is 306 g/mol. The van der Waals surface area contributed by atoms with E-state index in [1.165, 1.54) is 6.92 Å². The van der Waals surface area contributed by atoms with Crippen molar-refractivity contribution in [1.82, 2.24) is 15.3 Å². The van der Waals surface area contributed by atoms with Crippen molar-refractivity contribution in [3.8, 4) is 0 Å². The minimum atomic E-state index is -0.0321. The van der Waals surface area contributed by atoms with Crippen LogP contribution in [-0.2, 0) is 4.79 Å². The molecule has 5 nitrogen and oxygen atoms in total. The van der Waals surface area contributed by atoms with E-state index in [4.69, 9.17) is 0 Å². The zero-order chi connectivity index (χ0) is 10.4. The minimum absolute atomic E-state index is 0.0321. The number of carbonyl (C=O) groups is 1. The summed E-state index contributed by atoms with van der Waals surface area (Å²) >= 11 is 2.14. The maximum absolute atomic E-state index is 10.5. The van der Waals surface area contributed by atoms with E-state index in [1.54, 1.807) is 12.4 Å². The van der Waals surface area contributed by atoms with Gasteiger partial charge in [0.2, 0.25) is 11.9 Å². The number of rotatable bonds is 4. The molecule has 0 aromatic carbocycles. The van der Waals surface area contributed by atoms with E-state index in [1.807, 2.05) is 0 Å². The Hall–Kier alpha value is -0.920. The summed E-state index contributed by atoms with van der Waals surface area (Å²) in [5.74, 6) is 0.547. The molecular formula is C8H11IN4O. The Morgan fingerprint density at radius 2 is 2.07 bits per heavy atom. The summed E-state index contributed by atoms with van der Waals surface area (Å²) in [4.78, 5) is 18.6. The number of nitrogens with one attached hydrogen (secondary N) is 2. The average Bonchev–Trinajstić information content (AvgIpc) is 2.15. The van der Waals surface area contributed by atoms with Crippen molar-refractivity contribution < 1.29 is 4.79 Å². The van der Waals surface area contributed by atoms with Crippen molar-refractivity contribution in [3.63, 3.8) is 0 Å². The van der Waals surface area contributed by atoms with Gasteiger partial charge in [-0.05, 0) is 22.6 Å². The van der Waals surface area contributed by atoms with Gasteiger partial charge in [0, 0.05) is 36.0 Å². The number of aromatic nitrogens is 2. The molecule has 0 radical (unpaired) electrons. The second-order valence-corrected chi connectivity index (χ2v) is 3.88. The van der Waals surface area contributed by atoms with Crippen LogP contribution in [0.5, 0.6) is 0 Å². The summed E-state index contributed by atoms with van der Waals surface area (Å²) in [5.41, 5.74) is 0. The Bertz CT molecular complexity index is 301. The summed E-state index contributed by atoms with van der Waals surface area (Å²) in [6.45, 7) is 2.69. The molecule has 0 fully saturated rings. The third-order valence-electron chi connectivity index (χ3n) is 1.40. The lowest BCUT2D eigenvalue weighted by Gasteiger charge is -2.04. The van der Waals surface area contributed by atoms with Gasteiger partial charge in [-0.15, -0.1) is 0 Å². The molecule has 76 valence electrons. The molecule has 1 amide bonds. The number of amides is 1. The number of hydrogen-bond acceptors (Lipinski definition) is 4. The molecule has 0 aliphatic heterocycles. The van der Waals surface area contributed by atoms with Crippen molar-refractivity contribution >= 4 is 34.4 Å². The summed E-state index contributed by atoms with van der Waals surface area (Å²) in [7, 11) is 0. The van der Waals surface area contributed by atoms with Crippen LogP contribution in [0.3, 0.4) is 0 Å². The summed E-state index contributed by atoms with van der Waals surface area (Å²) in [5, 5.41) is 5.66. The Labute approximate surface area is 95.9 Å². The highest BCUT2D eigenvalue weighted by molar-refractivity contribution is 14.1. The number of anilines is 1. The van der Waals surface area contributed by atoms with Gasteiger partial charge in [-0.25, -0.2) is 9.97 Å². The molecule has 1 aromatic heterocycles. The Kier molecular flexibility index (Phi) is 4.57. The minimum Gasteiger partial charge on any atom is -0.355 e. The molecule has 0 bridgehead atoms. The van der Waals surface area contributed by atoms with Gasteiger partial charge in [0.25, 0.3) is 0 Å². The SMILES string of the molecule is CC(=O)NCCNc1ncc(I)cn1. The van der Waals surface area contributed by atoms with E-state index >= 15 is 0 Å². The first kappa shape index (κ1) is 11.2. The predicted molar refractivity (Wildman–Crippen MR) is 61.9 cm³/mol. The van der Waals surface area contributed by atoms with Crippen LogP contribution in [0.25, 0.3) is 0 Å². The van der Waals surface area contributed by atoms with Crippen molar-refractivity contribution in [2.75, 3.05) is 18.4 Å². The Morgan fingerprint density at radius 1 is 1.43 bits per heavy atom. The van der Waals surface area contributed by atoms with Crippen LogP contribution in [0.1, 0.15) is 6.92 Å². The first-order valence-electron chi connectivity index (χ1n) is 4.14. The van der Waals surface area contributed by atoms with Crippen LogP contribution < -0.4 is 10.6 Å². The molecule has 0 saturated heterocycles. The second-order valence-electron chi connectivity index (χ2n) is 2.63. The maximum Gasteiger partial charge on any atom is 0.222 e. The van der Waals surface area contributed by atoms with Crippen molar-refractivity contribution in [1.29, 1.82) is 0 Å². The molecule has 6 heteroatoms. The molecule has 0 atom stereocenters. The molecule has 0 unspecified atom stereocenters. The largest absolute Gasteiger partial charge is 0.355 e. The topological polar surface area (TPSA) is 66.9 Å². The number of halogens is 1. The number of hydrogen-bond donors (Lipinski definition) is 2. The van der Waals surface area contributed by atoms with Crippen LogP contribution >= 0.6 is 22.6 Å². The van der Waals surface area contributed by atoms with Gasteiger partial charge in [-0.2, -0.15) is 0 Å². The molecule has 0 saturated carbocycles. The lowest BCUT2D eigenvalue weighted by molar-refractivity contribution is -0.118. The van der Waals surface area contributed by atoms with Crippen LogP contribution in [-0.4, -0.2) is 29.0 Å². The van der Waals surface area contributed by atoms with E-state index in [9.17, 15) is 4.79 Å². The fourth-order valence-electron chi connectivity index (χ4n) is 0.816. The second kappa shape index (κ2) is 5.74. The summed E-state index contributed by atoms with van der Waals surface area (Å²) < 4.78 is 0.995. The predicted octanol–water partition coefficient (Wildman–Crippen LogP) is 0.629.